The Labute approximate surface area is 357 Å². The van der Waals surface area contributed by atoms with Gasteiger partial charge in [0.2, 0.25) is 0 Å². The summed E-state index contributed by atoms with van der Waals surface area (Å²) in [6.07, 6.45) is 22.9. The van der Waals surface area contributed by atoms with Crippen LogP contribution in [0.1, 0.15) is 208 Å². The lowest BCUT2D eigenvalue weighted by atomic mass is 9.79. The topological polar surface area (TPSA) is 9.86 Å². The molecule has 0 spiro atoms. The summed E-state index contributed by atoms with van der Waals surface area (Å²) < 4.78 is 5.61. The van der Waals surface area contributed by atoms with Crippen molar-refractivity contribution >= 4 is 32.8 Å². The number of aromatic nitrogens is 2. The number of rotatable bonds is 23. The molecule has 2 heteroatoms. The maximum Gasteiger partial charge on any atom is 0.0754 e. The number of nitrogens with zero attached hydrogens (tertiary/aromatic N) is 2. The number of hydrogen-bond donors (Lipinski definition) is 0. The standard InChI is InChI=1S/C56H86N2/c1-13-19-23-25-29-43-36-50(56(10,11)12)45(30-26-24-20-14-2)35-49(43)44-31-33-47-51(37-44)57(39-41(17-5)27-21-15-3)54-48-34-32-46(55(7,8)9)38-52(48)58(53(47)54)40-42(18-6)28-22-16-4/h31-38,41-42H,13-30,39-40H2,1-12H3. The van der Waals surface area contributed by atoms with Gasteiger partial charge in [-0.3, -0.25) is 0 Å². The normalized spacial score (nSPS) is 13.7. The maximum absolute atomic E-state index is 2.82. The molecular formula is C56H86N2. The molecule has 0 saturated heterocycles. The van der Waals surface area contributed by atoms with Gasteiger partial charge in [-0.15, -0.1) is 0 Å². The van der Waals surface area contributed by atoms with Crippen molar-refractivity contribution in [3.8, 4) is 11.1 Å². The summed E-state index contributed by atoms with van der Waals surface area (Å²) in [7, 11) is 0. The predicted octanol–water partition coefficient (Wildman–Crippen LogP) is 17.7. The van der Waals surface area contributed by atoms with Gasteiger partial charge < -0.3 is 9.13 Å². The quantitative estimate of drug-likeness (QED) is 0.0584. The van der Waals surface area contributed by atoms with Crippen molar-refractivity contribution in [2.24, 2.45) is 11.8 Å². The van der Waals surface area contributed by atoms with Crippen LogP contribution in [-0.4, -0.2) is 9.13 Å². The largest absolute Gasteiger partial charge is 0.338 e. The molecule has 2 nitrogen and oxygen atoms in total. The first-order valence-electron chi connectivity index (χ1n) is 24.6. The van der Waals surface area contributed by atoms with Crippen LogP contribution >= 0.6 is 0 Å². The van der Waals surface area contributed by atoms with E-state index in [2.05, 4.69) is 141 Å². The van der Waals surface area contributed by atoms with E-state index in [1.807, 2.05) is 0 Å². The summed E-state index contributed by atoms with van der Waals surface area (Å²) in [5.41, 5.74) is 15.1. The molecule has 0 amide bonds. The Bertz CT molecular complexity index is 2040. The molecule has 58 heavy (non-hydrogen) atoms. The molecule has 2 aromatic heterocycles. The van der Waals surface area contributed by atoms with Crippen molar-refractivity contribution in [3.05, 3.63) is 70.8 Å². The van der Waals surface area contributed by atoms with E-state index in [-0.39, 0.29) is 10.8 Å². The Morgan fingerprint density at radius 3 is 1.47 bits per heavy atom. The van der Waals surface area contributed by atoms with Crippen LogP contribution in [0.15, 0.2) is 48.5 Å². The summed E-state index contributed by atoms with van der Waals surface area (Å²) in [6.45, 7) is 30.8. The molecule has 5 aromatic rings. The van der Waals surface area contributed by atoms with E-state index in [1.165, 1.54) is 159 Å². The summed E-state index contributed by atoms with van der Waals surface area (Å²) in [5, 5.41) is 2.88. The van der Waals surface area contributed by atoms with E-state index in [0.717, 1.165) is 19.5 Å². The van der Waals surface area contributed by atoms with Gasteiger partial charge in [-0.1, -0.05) is 197 Å². The van der Waals surface area contributed by atoms with E-state index < -0.39 is 0 Å². The van der Waals surface area contributed by atoms with Gasteiger partial charge in [0, 0.05) is 23.9 Å². The van der Waals surface area contributed by atoms with Crippen molar-refractivity contribution < 1.29 is 0 Å². The summed E-state index contributed by atoms with van der Waals surface area (Å²) >= 11 is 0. The van der Waals surface area contributed by atoms with Crippen molar-refractivity contribution in [2.75, 3.05) is 0 Å². The lowest BCUT2D eigenvalue weighted by molar-refractivity contribution is 0.399. The lowest BCUT2D eigenvalue weighted by Gasteiger charge is -2.26. The molecule has 2 atom stereocenters. The highest BCUT2D eigenvalue weighted by atomic mass is 15.1. The highest BCUT2D eigenvalue weighted by molar-refractivity contribution is 6.18. The molecule has 2 unspecified atom stereocenters. The molecule has 0 saturated carbocycles. The zero-order valence-corrected chi connectivity index (χ0v) is 39.8. The maximum atomic E-state index is 2.82. The average molecular weight is 787 g/mol. The third kappa shape index (κ3) is 10.8. The Morgan fingerprint density at radius 2 is 0.983 bits per heavy atom. The summed E-state index contributed by atoms with van der Waals surface area (Å²) in [6, 6.07) is 20.5. The van der Waals surface area contributed by atoms with E-state index in [0.29, 0.717) is 11.8 Å². The van der Waals surface area contributed by atoms with Crippen LogP contribution in [-0.2, 0) is 36.8 Å². The smallest absolute Gasteiger partial charge is 0.0754 e. The number of aryl methyl sites for hydroxylation is 2. The average Bonchev–Trinajstić information content (AvgIpc) is 3.68. The fourth-order valence-corrected chi connectivity index (χ4v) is 9.87. The molecule has 5 rings (SSSR count). The molecule has 0 aliphatic rings. The molecule has 320 valence electrons. The first-order valence-corrected chi connectivity index (χ1v) is 24.6. The number of benzene rings is 3. The zero-order chi connectivity index (χ0) is 42.0. The van der Waals surface area contributed by atoms with Crippen LogP contribution in [0.3, 0.4) is 0 Å². The van der Waals surface area contributed by atoms with Crippen LogP contribution in [0.2, 0.25) is 0 Å². The van der Waals surface area contributed by atoms with E-state index in [1.54, 1.807) is 16.7 Å². The van der Waals surface area contributed by atoms with Crippen LogP contribution < -0.4 is 0 Å². The van der Waals surface area contributed by atoms with E-state index >= 15 is 0 Å². The molecule has 3 aromatic carbocycles. The van der Waals surface area contributed by atoms with Gasteiger partial charge in [0.05, 0.1) is 22.1 Å². The Hall–Kier alpha value is -3.00. The minimum atomic E-state index is 0.103. The molecule has 0 N–H and O–H groups in total. The van der Waals surface area contributed by atoms with Gasteiger partial charge >= 0.3 is 0 Å². The molecule has 0 radical (unpaired) electrons. The highest BCUT2D eigenvalue weighted by Crippen LogP contribution is 2.43. The monoisotopic (exact) mass is 787 g/mol. The second-order valence-electron chi connectivity index (χ2n) is 20.5. The second kappa shape index (κ2) is 21.0. The third-order valence-corrected chi connectivity index (χ3v) is 13.7. The molecule has 0 bridgehead atoms. The molecule has 0 aliphatic heterocycles. The van der Waals surface area contributed by atoms with Crippen molar-refractivity contribution in [1.82, 2.24) is 9.13 Å². The SMILES string of the molecule is CCCCCCc1cc(C(C)(C)C)c(CCCCCC)cc1-c1ccc2c(c1)n(CC(CC)CCCC)c1c3ccc(C(C)(C)C)cc3n(CC(CC)CCCC)c21. The first kappa shape index (κ1) is 46.1. The fourth-order valence-electron chi connectivity index (χ4n) is 9.87. The van der Waals surface area contributed by atoms with Crippen molar-refractivity contribution in [3.63, 3.8) is 0 Å². The highest BCUT2D eigenvalue weighted by Gasteiger charge is 2.26. The number of unbranched alkanes of at least 4 members (excludes halogenated alkanes) is 8. The molecular weight excluding hydrogens is 701 g/mol. The zero-order valence-electron chi connectivity index (χ0n) is 39.8. The van der Waals surface area contributed by atoms with E-state index in [4.69, 9.17) is 0 Å². The molecule has 0 fully saturated rings. The lowest BCUT2D eigenvalue weighted by Crippen LogP contribution is -2.15. The Kier molecular flexibility index (Phi) is 16.7. The van der Waals surface area contributed by atoms with Gasteiger partial charge in [-0.2, -0.15) is 0 Å². The molecule has 2 heterocycles. The summed E-state index contributed by atoms with van der Waals surface area (Å²) in [4.78, 5) is 0. The minimum Gasteiger partial charge on any atom is -0.338 e. The van der Waals surface area contributed by atoms with E-state index in [9.17, 15) is 0 Å². The van der Waals surface area contributed by atoms with Gasteiger partial charge in [-0.25, -0.2) is 0 Å². The van der Waals surface area contributed by atoms with Crippen molar-refractivity contribution in [1.29, 1.82) is 0 Å². The second-order valence-corrected chi connectivity index (χ2v) is 20.5. The minimum absolute atomic E-state index is 0.103. The van der Waals surface area contributed by atoms with Crippen LogP contribution in [0.25, 0.3) is 44.0 Å². The number of fused-ring (bicyclic) bond motifs is 5. The van der Waals surface area contributed by atoms with Gasteiger partial charge in [-0.05, 0) is 107 Å². The van der Waals surface area contributed by atoms with Gasteiger partial charge in [0.15, 0.2) is 0 Å². The van der Waals surface area contributed by atoms with Crippen molar-refractivity contribution in [2.45, 2.75) is 223 Å². The molecule has 0 aliphatic carbocycles. The first-order chi connectivity index (χ1) is 27.8. The van der Waals surface area contributed by atoms with Crippen LogP contribution in [0.5, 0.6) is 0 Å². The Morgan fingerprint density at radius 1 is 0.483 bits per heavy atom. The van der Waals surface area contributed by atoms with Crippen LogP contribution in [0, 0.1) is 11.8 Å². The Balaban J connectivity index is 1.82. The fraction of sp³-hybridized carbons (Fsp3) is 0.643. The van der Waals surface area contributed by atoms with Gasteiger partial charge in [0.25, 0.3) is 0 Å². The third-order valence-electron chi connectivity index (χ3n) is 13.7. The van der Waals surface area contributed by atoms with Crippen LogP contribution in [0.4, 0.5) is 0 Å². The predicted molar refractivity (Wildman–Crippen MR) is 260 cm³/mol. The number of hydrogen-bond acceptors (Lipinski definition) is 0. The summed E-state index contributed by atoms with van der Waals surface area (Å²) in [5.74, 6) is 1.34. The van der Waals surface area contributed by atoms with Gasteiger partial charge in [0.1, 0.15) is 0 Å².